The van der Waals surface area contributed by atoms with Gasteiger partial charge in [-0.3, -0.25) is 9.78 Å². The Labute approximate surface area is 104 Å². The number of carbonyl (C=O) groups excluding carboxylic acids is 1. The molecule has 0 N–H and O–H groups in total. The monoisotopic (exact) mass is 241 g/mol. The van der Waals surface area contributed by atoms with Crippen LogP contribution in [-0.2, 0) is 5.75 Å². The second kappa shape index (κ2) is 4.34. The first kappa shape index (κ1) is 10.5. The maximum Gasteiger partial charge on any atom is 0.174 e. The van der Waals surface area contributed by atoms with E-state index in [0.29, 0.717) is 5.75 Å². The summed E-state index contributed by atoms with van der Waals surface area (Å²) in [7, 11) is 0. The second-order valence-corrected chi connectivity index (χ2v) is 4.96. The molecule has 0 spiro atoms. The first-order valence-electron chi connectivity index (χ1n) is 5.51. The number of fused-ring (bicyclic) bond motifs is 1. The summed E-state index contributed by atoms with van der Waals surface area (Å²) in [5, 5.41) is 0. The van der Waals surface area contributed by atoms with Crippen molar-refractivity contribution in [3.05, 3.63) is 53.7 Å². The molecule has 0 saturated heterocycles. The molecule has 2 aromatic rings. The molecular weight excluding hydrogens is 230 g/mol. The molecule has 2 heterocycles. The third-order valence-corrected chi connectivity index (χ3v) is 3.76. The highest BCUT2D eigenvalue weighted by atomic mass is 32.2. The van der Waals surface area contributed by atoms with Crippen LogP contribution in [-0.4, -0.2) is 16.5 Å². The number of thioether (sulfide) groups is 1. The molecule has 1 aliphatic heterocycles. The number of hydrogen-bond acceptors (Lipinski definition) is 3. The van der Waals surface area contributed by atoms with E-state index in [1.54, 1.807) is 11.8 Å². The zero-order valence-corrected chi connectivity index (χ0v) is 10.0. The summed E-state index contributed by atoms with van der Waals surface area (Å²) < 4.78 is 0. The van der Waals surface area contributed by atoms with Crippen LogP contribution in [0.3, 0.4) is 0 Å². The van der Waals surface area contributed by atoms with E-state index in [0.717, 1.165) is 28.3 Å². The number of ketones is 1. The van der Waals surface area contributed by atoms with Gasteiger partial charge < -0.3 is 0 Å². The maximum absolute atomic E-state index is 11.7. The van der Waals surface area contributed by atoms with Crippen LogP contribution in [0.25, 0.3) is 11.3 Å². The normalized spacial score (nSPS) is 14.5. The van der Waals surface area contributed by atoms with E-state index in [2.05, 4.69) is 4.98 Å². The summed E-state index contributed by atoms with van der Waals surface area (Å²) in [6, 6.07) is 13.9. The molecule has 3 heteroatoms. The second-order valence-electron chi connectivity index (χ2n) is 3.97. The fraction of sp³-hybridized carbons (Fsp3) is 0.143. The molecule has 17 heavy (non-hydrogen) atoms. The van der Waals surface area contributed by atoms with Crippen LogP contribution in [0.15, 0.2) is 42.5 Å². The Hall–Kier alpha value is -1.61. The number of aromatic nitrogens is 1. The van der Waals surface area contributed by atoms with E-state index >= 15 is 0 Å². The predicted octanol–water partition coefficient (Wildman–Crippen LogP) is 3.18. The Bertz CT molecular complexity index is 566. The number of rotatable bonds is 1. The van der Waals surface area contributed by atoms with Gasteiger partial charge in [0.25, 0.3) is 0 Å². The number of hydrogen-bond donors (Lipinski definition) is 0. The molecule has 0 fully saturated rings. The van der Waals surface area contributed by atoms with Gasteiger partial charge in [-0.15, -0.1) is 11.8 Å². The van der Waals surface area contributed by atoms with Gasteiger partial charge in [0.1, 0.15) is 0 Å². The number of pyridine rings is 1. The summed E-state index contributed by atoms with van der Waals surface area (Å²) in [5.41, 5.74) is 3.76. The average Bonchev–Trinajstić information content (AvgIpc) is 2.40. The number of nitrogens with zero attached hydrogens (tertiary/aromatic N) is 1. The topological polar surface area (TPSA) is 30.0 Å². The van der Waals surface area contributed by atoms with E-state index in [1.807, 2.05) is 42.5 Å². The van der Waals surface area contributed by atoms with Crippen LogP contribution < -0.4 is 0 Å². The van der Waals surface area contributed by atoms with Gasteiger partial charge in [-0.25, -0.2) is 0 Å². The maximum atomic E-state index is 11.7. The van der Waals surface area contributed by atoms with E-state index in [-0.39, 0.29) is 5.78 Å². The molecule has 0 aliphatic carbocycles. The molecule has 1 aromatic heterocycles. The average molecular weight is 241 g/mol. The lowest BCUT2D eigenvalue weighted by Crippen LogP contribution is -2.13. The van der Waals surface area contributed by atoms with Crippen molar-refractivity contribution >= 4 is 17.5 Å². The summed E-state index contributed by atoms with van der Waals surface area (Å²) in [6.07, 6.45) is 0. The summed E-state index contributed by atoms with van der Waals surface area (Å²) in [4.78, 5) is 16.3. The smallest absolute Gasteiger partial charge is 0.174 e. The minimum Gasteiger partial charge on any atom is -0.293 e. The lowest BCUT2D eigenvalue weighted by Gasteiger charge is -2.14. The van der Waals surface area contributed by atoms with E-state index in [1.165, 1.54) is 0 Å². The zero-order valence-electron chi connectivity index (χ0n) is 9.22. The Morgan fingerprint density at radius 3 is 2.65 bits per heavy atom. The Kier molecular flexibility index (Phi) is 2.69. The lowest BCUT2D eigenvalue weighted by molar-refractivity contribution is 0.102. The first-order chi connectivity index (χ1) is 8.34. The van der Waals surface area contributed by atoms with Crippen LogP contribution in [0.2, 0.25) is 0 Å². The molecule has 84 valence electrons. The minimum absolute atomic E-state index is 0.198. The molecule has 2 nitrogen and oxygen atoms in total. The molecule has 0 radical (unpaired) electrons. The number of Topliss-reactive ketones (excluding diaryl/α,β-unsaturated/α-hetero) is 1. The molecule has 0 saturated carbocycles. The van der Waals surface area contributed by atoms with Crippen LogP contribution in [0.1, 0.15) is 16.1 Å². The highest BCUT2D eigenvalue weighted by Gasteiger charge is 2.18. The molecule has 0 atom stereocenters. The Balaban J connectivity index is 2.07. The first-order valence-corrected chi connectivity index (χ1v) is 6.66. The molecular formula is C14H11NOS. The summed E-state index contributed by atoms with van der Waals surface area (Å²) >= 11 is 1.64. The van der Waals surface area contributed by atoms with Crippen molar-refractivity contribution in [3.63, 3.8) is 0 Å². The number of benzene rings is 1. The third kappa shape index (κ3) is 1.98. The van der Waals surface area contributed by atoms with Gasteiger partial charge >= 0.3 is 0 Å². The van der Waals surface area contributed by atoms with Crippen molar-refractivity contribution in [3.8, 4) is 11.3 Å². The van der Waals surface area contributed by atoms with E-state index in [4.69, 9.17) is 0 Å². The molecule has 0 unspecified atom stereocenters. The largest absolute Gasteiger partial charge is 0.293 e. The van der Waals surface area contributed by atoms with Gasteiger partial charge in [-0.1, -0.05) is 30.3 Å². The van der Waals surface area contributed by atoms with Gasteiger partial charge in [-0.05, 0) is 12.1 Å². The van der Waals surface area contributed by atoms with Crippen LogP contribution >= 0.6 is 11.8 Å². The highest BCUT2D eigenvalue weighted by Crippen LogP contribution is 2.26. The highest BCUT2D eigenvalue weighted by molar-refractivity contribution is 7.99. The van der Waals surface area contributed by atoms with Crippen LogP contribution in [0.5, 0.6) is 0 Å². The van der Waals surface area contributed by atoms with Crippen molar-refractivity contribution in [1.82, 2.24) is 4.98 Å². The SMILES string of the molecule is O=C1CSCc2nc(-c3ccccc3)ccc21. The summed E-state index contributed by atoms with van der Waals surface area (Å²) in [5.74, 6) is 1.62. The van der Waals surface area contributed by atoms with Crippen LogP contribution in [0, 0.1) is 0 Å². The van der Waals surface area contributed by atoms with Crippen molar-refractivity contribution in [1.29, 1.82) is 0 Å². The van der Waals surface area contributed by atoms with Gasteiger partial charge in [0.15, 0.2) is 5.78 Å². The van der Waals surface area contributed by atoms with E-state index in [9.17, 15) is 4.79 Å². The molecule has 1 aliphatic rings. The zero-order chi connectivity index (χ0) is 11.7. The minimum atomic E-state index is 0.198. The van der Waals surface area contributed by atoms with Crippen LogP contribution in [0.4, 0.5) is 0 Å². The third-order valence-electron chi connectivity index (χ3n) is 2.82. The van der Waals surface area contributed by atoms with Gasteiger partial charge in [0, 0.05) is 16.9 Å². The fourth-order valence-electron chi connectivity index (χ4n) is 1.95. The number of carbonyl (C=O) groups is 1. The molecule has 0 bridgehead atoms. The molecule has 3 rings (SSSR count). The van der Waals surface area contributed by atoms with Crippen molar-refractivity contribution < 1.29 is 4.79 Å². The Morgan fingerprint density at radius 2 is 1.82 bits per heavy atom. The molecule has 1 aromatic carbocycles. The van der Waals surface area contributed by atoms with Crippen molar-refractivity contribution in [2.45, 2.75) is 5.75 Å². The standard InChI is InChI=1S/C14H11NOS/c16-14-9-17-8-13-11(14)6-7-12(15-13)10-4-2-1-3-5-10/h1-7H,8-9H2. The van der Waals surface area contributed by atoms with Gasteiger partial charge in [0.2, 0.25) is 0 Å². The van der Waals surface area contributed by atoms with Crippen molar-refractivity contribution in [2.75, 3.05) is 5.75 Å². The molecule has 0 amide bonds. The Morgan fingerprint density at radius 1 is 1.00 bits per heavy atom. The van der Waals surface area contributed by atoms with Gasteiger partial charge in [0.05, 0.1) is 17.1 Å². The predicted molar refractivity (Wildman–Crippen MR) is 70.2 cm³/mol. The van der Waals surface area contributed by atoms with E-state index < -0.39 is 0 Å². The van der Waals surface area contributed by atoms with Gasteiger partial charge in [-0.2, -0.15) is 0 Å². The fourth-order valence-corrected chi connectivity index (χ4v) is 2.81. The summed E-state index contributed by atoms with van der Waals surface area (Å²) in [6.45, 7) is 0. The quantitative estimate of drug-likeness (QED) is 0.768. The van der Waals surface area contributed by atoms with Crippen molar-refractivity contribution in [2.24, 2.45) is 0 Å². The lowest BCUT2D eigenvalue weighted by atomic mass is 10.1.